The van der Waals surface area contributed by atoms with Gasteiger partial charge < -0.3 is 19.7 Å². The fourth-order valence-electron chi connectivity index (χ4n) is 4.95. The van der Waals surface area contributed by atoms with Gasteiger partial charge in [0.25, 0.3) is 5.91 Å². The van der Waals surface area contributed by atoms with E-state index in [1.54, 1.807) is 0 Å². The summed E-state index contributed by atoms with van der Waals surface area (Å²) in [6.45, 7) is 5.73. The number of benzene rings is 2. The van der Waals surface area contributed by atoms with Gasteiger partial charge in [0.05, 0.1) is 18.8 Å². The highest BCUT2D eigenvalue weighted by Gasteiger charge is 2.45. The van der Waals surface area contributed by atoms with Crippen LogP contribution in [-0.4, -0.2) is 52.2 Å². The normalized spacial score (nSPS) is 22.1. The van der Waals surface area contributed by atoms with Crippen LogP contribution in [0.5, 0.6) is 5.75 Å². The summed E-state index contributed by atoms with van der Waals surface area (Å²) in [5.41, 5.74) is 2.88. The molecule has 3 heterocycles. The molecule has 0 saturated carbocycles. The molecule has 1 spiro atoms. The summed E-state index contributed by atoms with van der Waals surface area (Å²) in [7, 11) is 0. The van der Waals surface area contributed by atoms with Crippen LogP contribution in [-0.2, 0) is 4.74 Å². The number of rotatable bonds is 5. The van der Waals surface area contributed by atoms with Crippen LogP contribution in [0.15, 0.2) is 60.7 Å². The van der Waals surface area contributed by atoms with Crippen molar-refractivity contribution in [3.05, 3.63) is 77.6 Å². The second kappa shape index (κ2) is 9.43. The highest BCUT2D eigenvalue weighted by atomic mass is 16.6. The van der Waals surface area contributed by atoms with Crippen LogP contribution in [0, 0.1) is 13.8 Å². The summed E-state index contributed by atoms with van der Waals surface area (Å²) in [6, 6.07) is 19.3. The Morgan fingerprint density at radius 3 is 2.68 bits per heavy atom. The van der Waals surface area contributed by atoms with Gasteiger partial charge in [-0.25, -0.2) is 9.97 Å². The lowest BCUT2D eigenvalue weighted by Crippen LogP contribution is -2.50. The Hall–Kier alpha value is -3.45. The largest absolute Gasteiger partial charge is 0.488 e. The predicted octanol–water partition coefficient (Wildman–Crippen LogP) is 4.68. The molecule has 2 aromatic carbocycles. The number of amides is 1. The zero-order chi connectivity index (χ0) is 23.5. The molecule has 0 bridgehead atoms. The molecule has 2 aliphatic heterocycles. The molecule has 34 heavy (non-hydrogen) atoms. The fraction of sp³-hybridized carbons (Fsp3) is 0.370. The molecule has 2 atom stereocenters. The van der Waals surface area contributed by atoms with Gasteiger partial charge in [0.15, 0.2) is 0 Å². The van der Waals surface area contributed by atoms with Crippen molar-refractivity contribution in [3.8, 4) is 5.75 Å². The molecule has 2 saturated heterocycles. The molecule has 1 amide bonds. The minimum Gasteiger partial charge on any atom is -0.488 e. The first kappa shape index (κ1) is 22.3. The third-order valence-electron chi connectivity index (χ3n) is 6.40. The minimum absolute atomic E-state index is 0.00256. The van der Waals surface area contributed by atoms with Crippen molar-refractivity contribution in [2.45, 2.75) is 44.8 Å². The van der Waals surface area contributed by atoms with Gasteiger partial charge in [-0.1, -0.05) is 24.3 Å². The highest BCUT2D eigenvalue weighted by Crippen LogP contribution is 2.36. The maximum atomic E-state index is 13.4. The molecule has 0 radical (unpaired) electrons. The zero-order valence-corrected chi connectivity index (χ0v) is 19.7. The number of piperidine rings is 1. The average Bonchev–Trinajstić information content (AvgIpc) is 3.20. The van der Waals surface area contributed by atoms with Crippen LogP contribution >= 0.6 is 0 Å². The van der Waals surface area contributed by atoms with Crippen LogP contribution in [0.2, 0.25) is 0 Å². The Balaban J connectivity index is 1.25. The van der Waals surface area contributed by atoms with Gasteiger partial charge in [-0.05, 0) is 63.1 Å². The molecular formula is C27H30N4O3. The van der Waals surface area contributed by atoms with Crippen LogP contribution < -0.4 is 10.1 Å². The second-order valence-corrected chi connectivity index (χ2v) is 9.26. The molecule has 1 aromatic heterocycles. The summed E-state index contributed by atoms with van der Waals surface area (Å²) >= 11 is 0. The van der Waals surface area contributed by atoms with Crippen LogP contribution in [0.25, 0.3) is 0 Å². The van der Waals surface area contributed by atoms with E-state index in [0.29, 0.717) is 24.7 Å². The number of aromatic nitrogens is 2. The Morgan fingerprint density at radius 1 is 1.09 bits per heavy atom. The summed E-state index contributed by atoms with van der Waals surface area (Å²) < 4.78 is 12.4. The first-order valence-corrected chi connectivity index (χ1v) is 11.8. The molecule has 5 rings (SSSR count). The number of aryl methyl sites for hydroxylation is 2. The molecule has 7 heteroatoms. The number of nitrogens with zero attached hydrogens (tertiary/aromatic N) is 3. The fourth-order valence-corrected chi connectivity index (χ4v) is 4.95. The van der Waals surface area contributed by atoms with E-state index in [1.165, 1.54) is 0 Å². The van der Waals surface area contributed by atoms with Crippen LogP contribution in [0.3, 0.4) is 0 Å². The Kier molecular flexibility index (Phi) is 6.20. The van der Waals surface area contributed by atoms with Crippen molar-refractivity contribution >= 4 is 17.5 Å². The monoisotopic (exact) mass is 458 g/mol. The van der Waals surface area contributed by atoms with Gasteiger partial charge in [-0.2, -0.15) is 0 Å². The Bertz CT molecular complexity index is 1150. The molecule has 3 aromatic rings. The quantitative estimate of drug-likeness (QED) is 0.598. The maximum Gasteiger partial charge on any atom is 0.254 e. The van der Waals surface area contributed by atoms with Gasteiger partial charge in [0.2, 0.25) is 5.95 Å². The summed E-state index contributed by atoms with van der Waals surface area (Å²) in [5.74, 6) is 1.40. The SMILES string of the molecule is Cc1cc(C)nc(Nc2cccc(C(=O)N3CCC[C@]4(C[C@@H](Oc5ccccc5)CO4)C3)c2)n1. The lowest BCUT2D eigenvalue weighted by Gasteiger charge is -2.39. The van der Waals surface area contributed by atoms with Gasteiger partial charge >= 0.3 is 0 Å². The number of para-hydroxylation sites is 1. The van der Waals surface area contributed by atoms with E-state index in [0.717, 1.165) is 48.6 Å². The summed E-state index contributed by atoms with van der Waals surface area (Å²) in [5, 5.41) is 3.23. The Labute approximate surface area is 200 Å². The van der Waals surface area contributed by atoms with E-state index in [-0.39, 0.29) is 17.6 Å². The lowest BCUT2D eigenvalue weighted by molar-refractivity contribution is -0.0453. The van der Waals surface area contributed by atoms with Crippen LogP contribution in [0.1, 0.15) is 41.0 Å². The van der Waals surface area contributed by atoms with Crippen molar-refractivity contribution in [2.24, 2.45) is 0 Å². The van der Waals surface area contributed by atoms with Crippen molar-refractivity contribution in [1.82, 2.24) is 14.9 Å². The smallest absolute Gasteiger partial charge is 0.254 e. The lowest BCUT2D eigenvalue weighted by atomic mass is 9.89. The van der Waals surface area contributed by atoms with Crippen LogP contribution in [0.4, 0.5) is 11.6 Å². The first-order valence-electron chi connectivity index (χ1n) is 11.8. The molecule has 0 aliphatic carbocycles. The number of hydrogen-bond acceptors (Lipinski definition) is 6. The van der Waals surface area contributed by atoms with Crippen molar-refractivity contribution < 1.29 is 14.3 Å². The Morgan fingerprint density at radius 2 is 1.88 bits per heavy atom. The molecule has 176 valence electrons. The van der Waals surface area contributed by atoms with Crippen molar-refractivity contribution in [1.29, 1.82) is 0 Å². The third-order valence-corrected chi connectivity index (χ3v) is 6.40. The van der Waals surface area contributed by atoms with E-state index in [2.05, 4.69) is 15.3 Å². The average molecular weight is 459 g/mol. The molecule has 2 aliphatic rings. The van der Waals surface area contributed by atoms with E-state index in [9.17, 15) is 4.79 Å². The summed E-state index contributed by atoms with van der Waals surface area (Å²) in [6.07, 6.45) is 2.65. The van der Waals surface area contributed by atoms with Gasteiger partial charge in [0, 0.05) is 35.6 Å². The zero-order valence-electron chi connectivity index (χ0n) is 19.7. The van der Waals surface area contributed by atoms with Crippen molar-refractivity contribution in [2.75, 3.05) is 25.0 Å². The van der Waals surface area contributed by atoms with Gasteiger partial charge in [0.1, 0.15) is 11.9 Å². The molecular weight excluding hydrogens is 428 g/mol. The maximum absolute atomic E-state index is 13.4. The van der Waals surface area contributed by atoms with E-state index in [1.807, 2.05) is 79.4 Å². The number of ether oxygens (including phenoxy) is 2. The number of nitrogens with one attached hydrogen (secondary N) is 1. The third kappa shape index (κ3) is 5.04. The standard InChI is InChI=1S/C27H30N4O3/c1-19-14-20(2)29-26(28-19)30-22-9-6-8-21(15-22)25(32)31-13-7-12-27(18-31)16-24(17-33-27)34-23-10-4-3-5-11-23/h3-6,8-11,14-15,24H,7,12-13,16-18H2,1-2H3,(H,28,29,30)/t24-,27+/m1/s1. The van der Waals surface area contributed by atoms with E-state index in [4.69, 9.17) is 9.47 Å². The number of carbonyl (C=O) groups is 1. The van der Waals surface area contributed by atoms with E-state index >= 15 is 0 Å². The number of carbonyl (C=O) groups excluding carboxylic acids is 1. The van der Waals surface area contributed by atoms with Crippen molar-refractivity contribution in [3.63, 3.8) is 0 Å². The topological polar surface area (TPSA) is 76.6 Å². The molecule has 2 fully saturated rings. The van der Waals surface area contributed by atoms with Gasteiger partial charge in [-0.15, -0.1) is 0 Å². The highest BCUT2D eigenvalue weighted by molar-refractivity contribution is 5.95. The molecule has 0 unspecified atom stereocenters. The van der Waals surface area contributed by atoms with Gasteiger partial charge in [-0.3, -0.25) is 4.79 Å². The number of likely N-dealkylation sites (tertiary alicyclic amines) is 1. The minimum atomic E-state index is -0.337. The van der Waals surface area contributed by atoms with E-state index < -0.39 is 0 Å². The predicted molar refractivity (Wildman–Crippen MR) is 131 cm³/mol. The first-order chi connectivity index (χ1) is 16.5. The number of anilines is 2. The molecule has 7 nitrogen and oxygen atoms in total. The number of hydrogen-bond donors (Lipinski definition) is 1. The molecule has 1 N–H and O–H groups in total. The summed E-state index contributed by atoms with van der Waals surface area (Å²) in [4.78, 5) is 24.2. The second-order valence-electron chi connectivity index (χ2n) is 9.26.